The second-order valence-corrected chi connectivity index (χ2v) is 2.97. The van der Waals surface area contributed by atoms with Gasteiger partial charge in [0.05, 0.1) is 24.2 Å². The summed E-state index contributed by atoms with van der Waals surface area (Å²) in [6.07, 6.45) is 2.42. The van der Waals surface area contributed by atoms with Crippen molar-refractivity contribution in [1.29, 1.82) is 5.26 Å². The molecule has 0 saturated carbocycles. The van der Waals surface area contributed by atoms with E-state index in [9.17, 15) is 9.50 Å². The number of pyridine rings is 2. The Labute approximate surface area is 89.7 Å². The van der Waals surface area contributed by atoms with Crippen LogP contribution in [0.3, 0.4) is 0 Å². The topological polar surface area (TPSA) is 79.0 Å². The first-order chi connectivity index (χ1) is 7.69. The van der Waals surface area contributed by atoms with E-state index in [4.69, 9.17) is 5.26 Å². The third kappa shape index (κ3) is 1.30. The van der Waals surface area contributed by atoms with Crippen LogP contribution in [0.4, 0.5) is 4.39 Å². The highest BCUT2D eigenvalue weighted by molar-refractivity contribution is 5.87. The van der Waals surface area contributed by atoms with E-state index >= 15 is 0 Å². The van der Waals surface area contributed by atoms with E-state index in [1.807, 2.05) is 0 Å². The molecule has 0 spiro atoms. The van der Waals surface area contributed by atoms with Gasteiger partial charge in [-0.1, -0.05) is 0 Å². The molecule has 5 nitrogen and oxygen atoms in total. The zero-order chi connectivity index (χ0) is 11.7. The molecular formula is C10H6FN3O2. The fourth-order valence-corrected chi connectivity index (χ4v) is 1.34. The average Bonchev–Trinajstić information content (AvgIpc) is 2.30. The summed E-state index contributed by atoms with van der Waals surface area (Å²) in [5.41, 5.74) is 0.0643. The monoisotopic (exact) mass is 219 g/mol. The lowest BCUT2D eigenvalue weighted by atomic mass is 10.1. The van der Waals surface area contributed by atoms with E-state index in [0.717, 1.165) is 6.20 Å². The van der Waals surface area contributed by atoms with Crippen LogP contribution >= 0.6 is 0 Å². The minimum Gasteiger partial charge on any atom is -0.506 e. The molecule has 2 rings (SSSR count). The van der Waals surface area contributed by atoms with E-state index in [2.05, 4.69) is 14.7 Å². The van der Waals surface area contributed by atoms with Gasteiger partial charge in [0.25, 0.3) is 5.88 Å². The summed E-state index contributed by atoms with van der Waals surface area (Å²) in [6.45, 7) is 0. The summed E-state index contributed by atoms with van der Waals surface area (Å²) >= 11 is 0. The second-order valence-electron chi connectivity index (χ2n) is 2.97. The van der Waals surface area contributed by atoms with Crippen molar-refractivity contribution in [2.24, 2.45) is 0 Å². The molecule has 0 aliphatic rings. The lowest BCUT2D eigenvalue weighted by Gasteiger charge is -2.05. The molecule has 2 aromatic rings. The SMILES string of the molecule is COc1ncc2ncc(C#N)c(O)c2c1F. The first-order valence-electron chi connectivity index (χ1n) is 4.29. The number of fused-ring (bicyclic) bond motifs is 1. The van der Waals surface area contributed by atoms with Crippen LogP contribution in [-0.4, -0.2) is 22.2 Å². The van der Waals surface area contributed by atoms with Crippen molar-refractivity contribution in [3.8, 4) is 17.7 Å². The maximum atomic E-state index is 13.7. The Kier molecular flexibility index (Phi) is 2.29. The number of aromatic nitrogens is 2. The number of rotatable bonds is 1. The van der Waals surface area contributed by atoms with Crippen molar-refractivity contribution < 1.29 is 14.2 Å². The highest BCUT2D eigenvalue weighted by Crippen LogP contribution is 2.31. The van der Waals surface area contributed by atoms with Crippen molar-refractivity contribution in [3.05, 3.63) is 23.8 Å². The van der Waals surface area contributed by atoms with Gasteiger partial charge in [0.2, 0.25) is 0 Å². The average molecular weight is 219 g/mol. The molecule has 2 aromatic heterocycles. The standard InChI is InChI=1S/C10H6FN3O2/c1-16-10-8(11)7-6(4-14-10)13-3-5(2-12)9(7)15/h3-4H,1H3,(H,13,15). The Morgan fingerprint density at radius 1 is 1.44 bits per heavy atom. The summed E-state index contributed by atoms with van der Waals surface area (Å²) in [4.78, 5) is 7.48. The van der Waals surface area contributed by atoms with E-state index in [0.29, 0.717) is 0 Å². The molecule has 0 unspecified atom stereocenters. The number of nitriles is 1. The fraction of sp³-hybridized carbons (Fsp3) is 0.100. The Balaban J connectivity index is 2.90. The Morgan fingerprint density at radius 2 is 2.19 bits per heavy atom. The number of ether oxygens (including phenoxy) is 1. The maximum Gasteiger partial charge on any atom is 0.251 e. The normalized spacial score (nSPS) is 10.1. The van der Waals surface area contributed by atoms with E-state index < -0.39 is 11.6 Å². The van der Waals surface area contributed by atoms with E-state index in [-0.39, 0.29) is 22.3 Å². The lowest BCUT2D eigenvalue weighted by Crippen LogP contribution is -1.95. The Hall–Kier alpha value is -2.42. The number of halogens is 1. The van der Waals surface area contributed by atoms with Crippen LogP contribution in [0.1, 0.15) is 5.56 Å². The minimum atomic E-state index is -0.831. The van der Waals surface area contributed by atoms with E-state index in [1.54, 1.807) is 6.07 Å². The van der Waals surface area contributed by atoms with Gasteiger partial charge in [-0.25, -0.2) is 9.37 Å². The molecular weight excluding hydrogens is 213 g/mol. The molecule has 0 fully saturated rings. The molecule has 16 heavy (non-hydrogen) atoms. The predicted molar refractivity (Wildman–Crippen MR) is 52.4 cm³/mol. The van der Waals surface area contributed by atoms with Crippen LogP contribution in [0, 0.1) is 17.1 Å². The number of nitrogens with zero attached hydrogens (tertiary/aromatic N) is 3. The van der Waals surface area contributed by atoms with Gasteiger partial charge in [-0.05, 0) is 0 Å². The summed E-state index contributed by atoms with van der Waals surface area (Å²) in [7, 11) is 1.26. The van der Waals surface area contributed by atoms with Crippen LogP contribution in [0.25, 0.3) is 10.9 Å². The number of methoxy groups -OCH3 is 1. The summed E-state index contributed by atoms with van der Waals surface area (Å²) < 4.78 is 18.4. The van der Waals surface area contributed by atoms with Crippen LogP contribution < -0.4 is 4.74 Å². The van der Waals surface area contributed by atoms with Crippen molar-refractivity contribution in [3.63, 3.8) is 0 Å². The van der Waals surface area contributed by atoms with Gasteiger partial charge in [0.15, 0.2) is 5.82 Å². The van der Waals surface area contributed by atoms with Gasteiger partial charge in [0, 0.05) is 6.20 Å². The quantitative estimate of drug-likeness (QED) is 0.783. The molecule has 2 heterocycles. The smallest absolute Gasteiger partial charge is 0.251 e. The molecule has 0 bridgehead atoms. The third-order valence-corrected chi connectivity index (χ3v) is 2.11. The molecule has 0 aliphatic carbocycles. The first-order valence-corrected chi connectivity index (χ1v) is 4.29. The van der Waals surface area contributed by atoms with Gasteiger partial charge in [-0.3, -0.25) is 4.98 Å². The zero-order valence-corrected chi connectivity index (χ0v) is 8.23. The van der Waals surface area contributed by atoms with Crippen LogP contribution in [0.5, 0.6) is 11.6 Å². The molecule has 0 aliphatic heterocycles. The summed E-state index contributed by atoms with van der Waals surface area (Å²) in [6, 6.07) is 1.71. The lowest BCUT2D eigenvalue weighted by molar-refractivity contribution is 0.370. The van der Waals surface area contributed by atoms with Crippen molar-refractivity contribution in [2.45, 2.75) is 0 Å². The van der Waals surface area contributed by atoms with Gasteiger partial charge < -0.3 is 9.84 Å². The van der Waals surface area contributed by atoms with Gasteiger partial charge in [-0.15, -0.1) is 0 Å². The van der Waals surface area contributed by atoms with Gasteiger partial charge >= 0.3 is 0 Å². The van der Waals surface area contributed by atoms with Crippen LogP contribution in [0.2, 0.25) is 0 Å². The Morgan fingerprint density at radius 3 is 2.81 bits per heavy atom. The van der Waals surface area contributed by atoms with E-state index in [1.165, 1.54) is 13.3 Å². The highest BCUT2D eigenvalue weighted by Gasteiger charge is 2.16. The molecule has 80 valence electrons. The zero-order valence-electron chi connectivity index (χ0n) is 8.23. The molecule has 0 saturated heterocycles. The molecule has 0 aromatic carbocycles. The first kappa shape index (κ1) is 10.1. The van der Waals surface area contributed by atoms with Gasteiger partial charge in [0.1, 0.15) is 17.4 Å². The third-order valence-electron chi connectivity index (χ3n) is 2.11. The minimum absolute atomic E-state index is 0.0975. The van der Waals surface area contributed by atoms with Crippen molar-refractivity contribution in [1.82, 2.24) is 9.97 Å². The molecule has 0 amide bonds. The molecule has 0 radical (unpaired) electrons. The number of hydrogen-bond acceptors (Lipinski definition) is 5. The van der Waals surface area contributed by atoms with Crippen molar-refractivity contribution >= 4 is 10.9 Å². The predicted octanol–water partition coefficient (Wildman–Crippen LogP) is 1.35. The highest BCUT2D eigenvalue weighted by atomic mass is 19.1. The summed E-state index contributed by atoms with van der Waals surface area (Å²) in [5, 5.41) is 18.2. The fourth-order valence-electron chi connectivity index (χ4n) is 1.34. The van der Waals surface area contributed by atoms with Crippen LogP contribution in [0.15, 0.2) is 12.4 Å². The van der Waals surface area contributed by atoms with Gasteiger partial charge in [-0.2, -0.15) is 5.26 Å². The Bertz CT molecular complexity index is 607. The van der Waals surface area contributed by atoms with Crippen LogP contribution in [-0.2, 0) is 0 Å². The number of hydrogen-bond donors (Lipinski definition) is 1. The largest absolute Gasteiger partial charge is 0.506 e. The molecule has 6 heteroatoms. The summed E-state index contributed by atoms with van der Waals surface area (Å²) in [5.74, 6) is -1.53. The second kappa shape index (κ2) is 3.62. The molecule has 0 atom stereocenters. The number of aromatic hydroxyl groups is 1. The maximum absolute atomic E-state index is 13.7. The van der Waals surface area contributed by atoms with Crippen molar-refractivity contribution in [2.75, 3.05) is 7.11 Å². The molecule has 1 N–H and O–H groups in total.